The smallest absolute Gasteiger partial charge is 0.226 e. The van der Waals surface area contributed by atoms with E-state index in [1.165, 1.54) is 6.07 Å². The Morgan fingerprint density at radius 3 is 2.48 bits per heavy atom. The van der Waals surface area contributed by atoms with Crippen LogP contribution >= 0.6 is 0 Å². The fourth-order valence-corrected chi connectivity index (χ4v) is 3.56. The molecular weight excluding hydrogens is 349 g/mol. The third kappa shape index (κ3) is 5.19. The lowest BCUT2D eigenvalue weighted by molar-refractivity contribution is -0.122. The van der Waals surface area contributed by atoms with Crippen LogP contribution in [0.4, 0.5) is 15.8 Å². The molecule has 1 saturated heterocycles. The predicted molar refractivity (Wildman–Crippen MR) is 102 cm³/mol. The number of nitrogens with zero attached hydrogens (tertiary/aromatic N) is 1. The van der Waals surface area contributed by atoms with Gasteiger partial charge in [0.2, 0.25) is 11.8 Å². The second kappa shape index (κ2) is 8.25. The van der Waals surface area contributed by atoms with Crippen molar-refractivity contribution in [2.75, 3.05) is 29.9 Å². The second-order valence-corrected chi connectivity index (χ2v) is 7.74. The maximum absolute atomic E-state index is 14.5. The zero-order chi connectivity index (χ0) is 19.6. The Bertz CT molecular complexity index is 702. The highest BCUT2D eigenvalue weighted by molar-refractivity contribution is 5.91. The highest BCUT2D eigenvalue weighted by Gasteiger charge is 2.38. The third-order valence-electron chi connectivity index (χ3n) is 5.09. The number of rotatable bonds is 6. The number of hydrogen-bond acceptors (Lipinski definition) is 4. The van der Waals surface area contributed by atoms with E-state index >= 15 is 0 Å². The normalized spacial score (nSPS) is 27.2. The molecule has 1 heterocycles. The SMILES string of the molecule is C[C@@H]1CN(c2ccc(NC(=O)CCNC(=O)[C@@H]3C[C@@H]3C)cc2F)C[C@@H](C)O1. The number of benzene rings is 1. The highest BCUT2D eigenvalue weighted by atomic mass is 19.1. The summed E-state index contributed by atoms with van der Waals surface area (Å²) in [5, 5.41) is 5.46. The van der Waals surface area contributed by atoms with Crippen LogP contribution in [0, 0.1) is 17.7 Å². The molecule has 2 amide bonds. The summed E-state index contributed by atoms with van der Waals surface area (Å²) in [5.41, 5.74) is 0.929. The number of carbonyl (C=O) groups is 2. The Labute approximate surface area is 159 Å². The van der Waals surface area contributed by atoms with Gasteiger partial charge in [-0.05, 0) is 44.4 Å². The van der Waals surface area contributed by atoms with E-state index in [-0.39, 0.29) is 48.7 Å². The van der Waals surface area contributed by atoms with Gasteiger partial charge in [-0.25, -0.2) is 4.39 Å². The molecule has 7 heteroatoms. The Morgan fingerprint density at radius 2 is 1.89 bits per heavy atom. The first kappa shape index (κ1) is 19.6. The molecule has 3 rings (SSSR count). The molecule has 1 aromatic carbocycles. The molecule has 4 atom stereocenters. The summed E-state index contributed by atoms with van der Waals surface area (Å²) in [6.45, 7) is 7.53. The van der Waals surface area contributed by atoms with Gasteiger partial charge < -0.3 is 20.3 Å². The van der Waals surface area contributed by atoms with Gasteiger partial charge in [0, 0.05) is 37.7 Å². The molecule has 0 aromatic heterocycles. The zero-order valence-corrected chi connectivity index (χ0v) is 16.1. The minimum Gasteiger partial charge on any atom is -0.372 e. The van der Waals surface area contributed by atoms with Crippen LogP contribution in [0.2, 0.25) is 0 Å². The number of ether oxygens (including phenoxy) is 1. The quantitative estimate of drug-likeness (QED) is 0.799. The van der Waals surface area contributed by atoms with Gasteiger partial charge in [-0.15, -0.1) is 0 Å². The maximum atomic E-state index is 14.5. The van der Waals surface area contributed by atoms with Crippen LogP contribution in [0.25, 0.3) is 0 Å². The molecule has 1 aromatic rings. The largest absolute Gasteiger partial charge is 0.372 e. The summed E-state index contributed by atoms with van der Waals surface area (Å²) >= 11 is 0. The summed E-state index contributed by atoms with van der Waals surface area (Å²) < 4.78 is 20.2. The van der Waals surface area contributed by atoms with Gasteiger partial charge in [0.05, 0.1) is 17.9 Å². The van der Waals surface area contributed by atoms with Crippen molar-refractivity contribution in [1.29, 1.82) is 0 Å². The van der Waals surface area contributed by atoms with Gasteiger partial charge in [-0.3, -0.25) is 9.59 Å². The molecule has 0 radical (unpaired) electrons. The van der Waals surface area contributed by atoms with Gasteiger partial charge in [-0.2, -0.15) is 0 Å². The van der Waals surface area contributed by atoms with Crippen LogP contribution in [-0.4, -0.2) is 43.7 Å². The molecule has 2 aliphatic rings. The number of hydrogen-bond donors (Lipinski definition) is 2. The Kier molecular flexibility index (Phi) is 5.99. The van der Waals surface area contributed by atoms with Crippen molar-refractivity contribution in [3.63, 3.8) is 0 Å². The monoisotopic (exact) mass is 377 g/mol. The molecule has 148 valence electrons. The van der Waals surface area contributed by atoms with Crippen LogP contribution in [0.15, 0.2) is 18.2 Å². The maximum Gasteiger partial charge on any atom is 0.226 e. The summed E-state index contributed by atoms with van der Waals surface area (Å²) in [6, 6.07) is 4.72. The number of carbonyl (C=O) groups excluding carboxylic acids is 2. The first-order valence-electron chi connectivity index (χ1n) is 9.61. The van der Waals surface area contributed by atoms with Crippen molar-refractivity contribution in [2.24, 2.45) is 11.8 Å². The van der Waals surface area contributed by atoms with Crippen molar-refractivity contribution >= 4 is 23.2 Å². The zero-order valence-electron chi connectivity index (χ0n) is 16.1. The molecule has 1 aliphatic carbocycles. The minimum atomic E-state index is -0.370. The van der Waals surface area contributed by atoms with E-state index in [4.69, 9.17) is 4.74 Å². The molecule has 2 N–H and O–H groups in total. The van der Waals surface area contributed by atoms with E-state index in [1.807, 2.05) is 25.7 Å². The van der Waals surface area contributed by atoms with Gasteiger partial charge in [0.1, 0.15) is 5.82 Å². The van der Waals surface area contributed by atoms with Crippen molar-refractivity contribution in [2.45, 2.75) is 45.8 Å². The van der Waals surface area contributed by atoms with E-state index in [1.54, 1.807) is 12.1 Å². The average Bonchev–Trinajstić information content (AvgIpc) is 3.31. The molecule has 27 heavy (non-hydrogen) atoms. The van der Waals surface area contributed by atoms with E-state index in [2.05, 4.69) is 10.6 Å². The summed E-state index contributed by atoms with van der Waals surface area (Å²) in [6.07, 6.45) is 1.17. The number of morpholine rings is 1. The molecule has 2 fully saturated rings. The van der Waals surface area contributed by atoms with Crippen molar-refractivity contribution in [3.8, 4) is 0 Å². The number of halogens is 1. The molecule has 0 spiro atoms. The lowest BCUT2D eigenvalue weighted by Crippen LogP contribution is -2.45. The first-order chi connectivity index (χ1) is 12.8. The topological polar surface area (TPSA) is 70.7 Å². The van der Waals surface area contributed by atoms with Crippen molar-refractivity contribution in [3.05, 3.63) is 24.0 Å². The molecule has 0 bridgehead atoms. The average molecular weight is 377 g/mol. The van der Waals surface area contributed by atoms with Gasteiger partial charge in [-0.1, -0.05) is 6.92 Å². The van der Waals surface area contributed by atoms with Gasteiger partial charge >= 0.3 is 0 Å². The van der Waals surface area contributed by atoms with Gasteiger partial charge in [0.15, 0.2) is 0 Å². The van der Waals surface area contributed by atoms with Crippen LogP contribution in [0.5, 0.6) is 0 Å². The minimum absolute atomic E-state index is 0.0136. The first-order valence-corrected chi connectivity index (χ1v) is 9.61. The Balaban J connectivity index is 1.49. The van der Waals surface area contributed by atoms with Crippen LogP contribution in [0.1, 0.15) is 33.6 Å². The van der Waals surface area contributed by atoms with Gasteiger partial charge in [0.25, 0.3) is 0 Å². The van der Waals surface area contributed by atoms with E-state index < -0.39 is 0 Å². The lowest BCUT2D eigenvalue weighted by atomic mass is 10.2. The number of nitrogens with one attached hydrogen (secondary N) is 2. The second-order valence-electron chi connectivity index (χ2n) is 7.74. The van der Waals surface area contributed by atoms with E-state index in [0.717, 1.165) is 6.42 Å². The summed E-state index contributed by atoms with van der Waals surface area (Å²) in [5.74, 6) is -0.0669. The fourth-order valence-electron chi connectivity index (χ4n) is 3.56. The van der Waals surface area contributed by atoms with E-state index in [9.17, 15) is 14.0 Å². The standard InChI is InChI=1S/C20H28FN3O3/c1-12-8-16(12)20(26)22-7-6-19(25)23-15-4-5-18(17(21)9-15)24-10-13(2)27-14(3)11-24/h4-5,9,12-14,16H,6-8,10-11H2,1-3H3,(H,22,26)(H,23,25)/t12-,13+,14+,16+/m0/s1. The Morgan fingerprint density at radius 1 is 1.22 bits per heavy atom. The number of anilines is 2. The molecule has 0 unspecified atom stereocenters. The third-order valence-corrected chi connectivity index (χ3v) is 5.09. The lowest BCUT2D eigenvalue weighted by Gasteiger charge is -2.37. The molecule has 1 saturated carbocycles. The summed E-state index contributed by atoms with van der Waals surface area (Å²) in [4.78, 5) is 25.7. The highest BCUT2D eigenvalue weighted by Crippen LogP contribution is 2.37. The number of amides is 2. The predicted octanol–water partition coefficient (Wildman–Crippen LogP) is 2.54. The van der Waals surface area contributed by atoms with Crippen LogP contribution in [0.3, 0.4) is 0 Å². The van der Waals surface area contributed by atoms with E-state index in [0.29, 0.717) is 30.4 Å². The summed E-state index contributed by atoms with van der Waals surface area (Å²) in [7, 11) is 0. The molecular formula is C20H28FN3O3. The molecule has 6 nitrogen and oxygen atoms in total. The molecule has 1 aliphatic heterocycles. The van der Waals surface area contributed by atoms with Crippen molar-refractivity contribution in [1.82, 2.24) is 5.32 Å². The fraction of sp³-hybridized carbons (Fsp3) is 0.600. The van der Waals surface area contributed by atoms with Crippen LogP contribution < -0.4 is 15.5 Å². The Hall–Kier alpha value is -2.15. The van der Waals surface area contributed by atoms with Crippen molar-refractivity contribution < 1.29 is 18.7 Å². The van der Waals surface area contributed by atoms with Crippen LogP contribution in [-0.2, 0) is 14.3 Å².